The number of nitro benzene ring substituents is 1. The molecule has 0 amide bonds. The van der Waals surface area contributed by atoms with E-state index in [1.807, 2.05) is 0 Å². The molecule has 0 aromatic heterocycles. The maximum Gasteiger partial charge on any atom is 0.269 e. The summed E-state index contributed by atoms with van der Waals surface area (Å²) in [6.45, 7) is -1.34. The molecule has 0 bridgehead atoms. The van der Waals surface area contributed by atoms with Crippen LogP contribution in [0, 0.1) is 10.1 Å². The van der Waals surface area contributed by atoms with Crippen molar-refractivity contribution in [1.29, 1.82) is 0 Å². The third kappa shape index (κ3) is 2.82. The maximum atomic E-state index is 10.6. The quantitative estimate of drug-likeness (QED) is 0.391. The Hall–Kier alpha value is -1.78. The van der Waals surface area contributed by atoms with Gasteiger partial charge in [0.25, 0.3) is 11.5 Å². The molecule has 4 atom stereocenters. The standard InChI is InChI=1S/C12H15NO8/c14-5-9-10(16)11(17)12(6-15,21-9)20-8-3-1-7(2-4-8)13(18)19/h1-4,9-11,14-17H,5-6H2/t9-,10-,11+,12+/m0/s1. The second kappa shape index (κ2) is 5.92. The van der Waals surface area contributed by atoms with Gasteiger partial charge in [-0.1, -0.05) is 0 Å². The van der Waals surface area contributed by atoms with Crippen molar-refractivity contribution in [2.24, 2.45) is 0 Å². The molecule has 1 saturated heterocycles. The van der Waals surface area contributed by atoms with Crippen LogP contribution < -0.4 is 4.74 Å². The zero-order valence-electron chi connectivity index (χ0n) is 10.8. The number of hydrogen-bond acceptors (Lipinski definition) is 8. The van der Waals surface area contributed by atoms with Crippen molar-refractivity contribution in [2.75, 3.05) is 13.2 Å². The van der Waals surface area contributed by atoms with Gasteiger partial charge in [0.2, 0.25) is 0 Å². The van der Waals surface area contributed by atoms with E-state index in [-0.39, 0.29) is 11.4 Å². The number of non-ortho nitro benzene ring substituents is 1. The average molecular weight is 301 g/mol. The number of aliphatic hydroxyl groups excluding tert-OH is 4. The Balaban J connectivity index is 2.20. The van der Waals surface area contributed by atoms with E-state index >= 15 is 0 Å². The topological polar surface area (TPSA) is 143 Å². The van der Waals surface area contributed by atoms with E-state index in [0.29, 0.717) is 0 Å². The number of ether oxygens (including phenoxy) is 2. The molecule has 2 rings (SSSR count). The summed E-state index contributed by atoms with van der Waals surface area (Å²) in [4.78, 5) is 9.97. The van der Waals surface area contributed by atoms with Crippen LogP contribution in [0.1, 0.15) is 0 Å². The minimum Gasteiger partial charge on any atom is -0.457 e. The summed E-state index contributed by atoms with van der Waals surface area (Å²) in [7, 11) is 0. The average Bonchev–Trinajstić information content (AvgIpc) is 2.73. The van der Waals surface area contributed by atoms with Crippen molar-refractivity contribution in [1.82, 2.24) is 0 Å². The first-order valence-electron chi connectivity index (χ1n) is 6.12. The second-order valence-electron chi connectivity index (χ2n) is 4.60. The number of benzene rings is 1. The van der Waals surface area contributed by atoms with Gasteiger partial charge in [-0.25, -0.2) is 0 Å². The van der Waals surface area contributed by atoms with E-state index < -0.39 is 42.2 Å². The monoisotopic (exact) mass is 301 g/mol. The summed E-state index contributed by atoms with van der Waals surface area (Å²) in [5.74, 6) is -1.84. The number of rotatable bonds is 5. The lowest BCUT2D eigenvalue weighted by Crippen LogP contribution is -2.51. The SMILES string of the molecule is O=[N+]([O-])c1ccc(O[C@]2(CO)O[C@@H](CO)[C@H](O)[C@H]2O)cc1. The highest BCUT2D eigenvalue weighted by Crippen LogP contribution is 2.34. The predicted octanol–water partition coefficient (Wildman–Crippen LogP) is -1.22. The van der Waals surface area contributed by atoms with Crippen molar-refractivity contribution in [3.05, 3.63) is 34.4 Å². The van der Waals surface area contributed by atoms with Crippen molar-refractivity contribution >= 4 is 5.69 Å². The van der Waals surface area contributed by atoms with Crippen LogP contribution in [-0.4, -0.2) is 62.7 Å². The first-order valence-corrected chi connectivity index (χ1v) is 6.12. The molecule has 116 valence electrons. The number of nitrogens with zero attached hydrogens (tertiary/aromatic N) is 1. The first-order chi connectivity index (χ1) is 9.93. The van der Waals surface area contributed by atoms with Crippen molar-refractivity contribution in [3.63, 3.8) is 0 Å². The van der Waals surface area contributed by atoms with Crippen LogP contribution in [0.25, 0.3) is 0 Å². The Morgan fingerprint density at radius 1 is 1.29 bits per heavy atom. The summed E-state index contributed by atoms with van der Waals surface area (Å²) in [5, 5.41) is 48.6. The van der Waals surface area contributed by atoms with Crippen LogP contribution in [0.3, 0.4) is 0 Å². The van der Waals surface area contributed by atoms with Gasteiger partial charge in [-0.2, -0.15) is 0 Å². The van der Waals surface area contributed by atoms with Gasteiger partial charge in [-0.15, -0.1) is 0 Å². The lowest BCUT2D eigenvalue weighted by Gasteiger charge is -2.30. The van der Waals surface area contributed by atoms with E-state index in [2.05, 4.69) is 0 Å². The molecule has 4 N–H and O–H groups in total. The molecule has 21 heavy (non-hydrogen) atoms. The third-order valence-electron chi connectivity index (χ3n) is 3.24. The molecule has 1 aliphatic rings. The highest BCUT2D eigenvalue weighted by molar-refractivity contribution is 5.36. The van der Waals surface area contributed by atoms with Crippen LogP contribution >= 0.6 is 0 Å². The molecule has 1 aromatic rings. The highest BCUT2D eigenvalue weighted by atomic mass is 16.7. The Morgan fingerprint density at radius 2 is 1.90 bits per heavy atom. The van der Waals surface area contributed by atoms with Crippen molar-refractivity contribution in [2.45, 2.75) is 24.1 Å². The molecule has 1 aliphatic heterocycles. The molecule has 0 aliphatic carbocycles. The van der Waals surface area contributed by atoms with Gasteiger partial charge in [0, 0.05) is 12.1 Å². The Labute approximate surface area is 119 Å². The third-order valence-corrected chi connectivity index (χ3v) is 3.24. The van der Waals surface area contributed by atoms with Crippen LogP contribution in [0.4, 0.5) is 5.69 Å². The zero-order valence-corrected chi connectivity index (χ0v) is 10.8. The van der Waals surface area contributed by atoms with Crippen LogP contribution in [0.15, 0.2) is 24.3 Å². The van der Waals surface area contributed by atoms with Gasteiger partial charge in [-0.3, -0.25) is 10.1 Å². The van der Waals surface area contributed by atoms with Gasteiger partial charge in [0.05, 0.1) is 11.5 Å². The molecule has 1 aromatic carbocycles. The molecule has 1 heterocycles. The summed E-state index contributed by atoms with van der Waals surface area (Å²) in [6, 6.07) is 4.90. The number of nitro groups is 1. The van der Waals surface area contributed by atoms with Crippen molar-refractivity contribution < 1.29 is 34.8 Å². The summed E-state index contributed by atoms with van der Waals surface area (Å²) in [6.07, 6.45) is -4.12. The van der Waals surface area contributed by atoms with Gasteiger partial charge < -0.3 is 29.9 Å². The summed E-state index contributed by atoms with van der Waals surface area (Å²) < 4.78 is 10.5. The lowest BCUT2D eigenvalue weighted by molar-refractivity contribution is -0.384. The van der Waals surface area contributed by atoms with E-state index in [1.165, 1.54) is 24.3 Å². The Morgan fingerprint density at radius 3 is 2.33 bits per heavy atom. The molecule has 1 fully saturated rings. The molecule has 0 radical (unpaired) electrons. The van der Waals surface area contributed by atoms with E-state index in [0.717, 1.165) is 0 Å². The van der Waals surface area contributed by atoms with E-state index in [9.17, 15) is 25.4 Å². The van der Waals surface area contributed by atoms with Crippen molar-refractivity contribution in [3.8, 4) is 5.75 Å². The zero-order chi connectivity index (χ0) is 15.6. The van der Waals surface area contributed by atoms with Gasteiger partial charge in [0.15, 0.2) is 0 Å². The predicted molar refractivity (Wildman–Crippen MR) is 67.5 cm³/mol. The minimum absolute atomic E-state index is 0.0967. The van der Waals surface area contributed by atoms with Crippen LogP contribution in [0.2, 0.25) is 0 Å². The van der Waals surface area contributed by atoms with E-state index in [1.54, 1.807) is 0 Å². The fraction of sp³-hybridized carbons (Fsp3) is 0.500. The lowest BCUT2D eigenvalue weighted by atomic mass is 10.1. The smallest absolute Gasteiger partial charge is 0.269 e. The van der Waals surface area contributed by atoms with E-state index in [4.69, 9.17) is 14.6 Å². The maximum absolute atomic E-state index is 10.6. The van der Waals surface area contributed by atoms with Crippen LogP contribution in [-0.2, 0) is 4.74 Å². The summed E-state index contributed by atoms with van der Waals surface area (Å²) >= 11 is 0. The second-order valence-corrected chi connectivity index (χ2v) is 4.60. The van der Waals surface area contributed by atoms with Gasteiger partial charge >= 0.3 is 0 Å². The molecular weight excluding hydrogens is 286 g/mol. The normalized spacial score (nSPS) is 32.1. The number of hydrogen-bond donors (Lipinski definition) is 4. The molecule has 0 saturated carbocycles. The first kappa shape index (κ1) is 15.6. The minimum atomic E-state index is -1.94. The largest absolute Gasteiger partial charge is 0.457 e. The fourth-order valence-corrected chi connectivity index (χ4v) is 2.09. The molecule has 9 heteroatoms. The molecular formula is C12H15NO8. The molecule has 0 unspecified atom stereocenters. The molecule has 9 nitrogen and oxygen atoms in total. The molecule has 0 spiro atoms. The Bertz CT molecular complexity index is 506. The highest BCUT2D eigenvalue weighted by Gasteiger charge is 2.56. The number of aliphatic hydroxyl groups is 4. The van der Waals surface area contributed by atoms with Crippen LogP contribution in [0.5, 0.6) is 5.75 Å². The Kier molecular flexibility index (Phi) is 4.40. The summed E-state index contributed by atoms with van der Waals surface area (Å²) in [5.41, 5.74) is -0.151. The van der Waals surface area contributed by atoms with Gasteiger partial charge in [0.1, 0.15) is 30.7 Å². The fourth-order valence-electron chi connectivity index (χ4n) is 2.09. The van der Waals surface area contributed by atoms with Gasteiger partial charge in [-0.05, 0) is 12.1 Å².